The first-order valence-corrected chi connectivity index (χ1v) is 7.05. The molecule has 0 bridgehead atoms. The van der Waals surface area contributed by atoms with Gasteiger partial charge in [0.15, 0.2) is 0 Å². The molecule has 0 rings (SSSR count). The Bertz CT molecular complexity index is 667. The van der Waals surface area contributed by atoms with E-state index in [9.17, 15) is 78.8 Å². The molecule has 0 atom stereocenters. The van der Waals surface area contributed by atoms with Gasteiger partial charge >= 0.3 is 41.7 Å². The summed E-state index contributed by atoms with van der Waals surface area (Å²) in [4.78, 5) is 0. The number of rotatable bonds is 7. The molecule has 0 saturated carbocycles. The molecule has 0 fully saturated rings. The second kappa shape index (κ2) is 6.96. The molecule has 20 heteroatoms. The normalized spacial score (nSPS) is 16.0. The van der Waals surface area contributed by atoms with Crippen LogP contribution in [0.2, 0.25) is 0 Å². The molecular formula is C8H6F15NO3S. The number of halogens is 15. The van der Waals surface area contributed by atoms with E-state index < -0.39 is 57.6 Å². The first-order valence-electron chi connectivity index (χ1n) is 5.48. The molecule has 0 aromatic heterocycles. The van der Waals surface area contributed by atoms with Crippen molar-refractivity contribution in [3.05, 3.63) is 0 Å². The number of quaternary nitrogens is 1. The highest BCUT2D eigenvalue weighted by molar-refractivity contribution is 7.85. The summed E-state index contributed by atoms with van der Waals surface area (Å²) in [7, 11) is -6.63. The smallest absolute Gasteiger partial charge is 0.460 e. The lowest BCUT2D eigenvalue weighted by atomic mass is 9.91. The second-order valence-electron chi connectivity index (χ2n) is 4.78. The van der Waals surface area contributed by atoms with Crippen molar-refractivity contribution in [2.45, 2.75) is 41.7 Å². The summed E-state index contributed by atoms with van der Waals surface area (Å²) in [5, 5.41) is 0. The Morgan fingerprint density at radius 2 is 0.786 bits per heavy atom. The fraction of sp³-hybridized carbons (Fsp3) is 1.00. The fourth-order valence-electron chi connectivity index (χ4n) is 1.31. The van der Waals surface area contributed by atoms with Crippen LogP contribution in [0, 0.1) is 0 Å². The maximum Gasteiger partial charge on any atom is 0.460 e. The zero-order valence-electron chi connectivity index (χ0n) is 12.5. The molecule has 0 amide bonds. The lowest BCUT2D eigenvalue weighted by Crippen LogP contribution is -2.73. The Hall–Kier alpha value is -1.18. The maximum absolute atomic E-state index is 13.0. The van der Waals surface area contributed by atoms with Crippen LogP contribution in [0.4, 0.5) is 65.9 Å². The van der Waals surface area contributed by atoms with Gasteiger partial charge in [-0.1, -0.05) is 0 Å². The van der Waals surface area contributed by atoms with Crippen molar-refractivity contribution >= 4 is 10.1 Å². The minimum Gasteiger partial charge on any atom is -0.748 e. The molecule has 28 heavy (non-hydrogen) atoms. The van der Waals surface area contributed by atoms with Crippen LogP contribution in [0.15, 0.2) is 0 Å². The van der Waals surface area contributed by atoms with E-state index in [0.717, 1.165) is 0 Å². The second-order valence-corrected chi connectivity index (χ2v) is 6.18. The van der Waals surface area contributed by atoms with Gasteiger partial charge in [0.05, 0.1) is 0 Å². The third kappa shape index (κ3) is 4.07. The summed E-state index contributed by atoms with van der Waals surface area (Å²) in [5.74, 6) is -52.4. The van der Waals surface area contributed by atoms with E-state index in [1.807, 2.05) is 0 Å². The van der Waals surface area contributed by atoms with E-state index in [1.54, 1.807) is 0 Å². The monoisotopic (exact) mass is 481 g/mol. The van der Waals surface area contributed by atoms with Crippen LogP contribution in [0.25, 0.3) is 0 Å². The van der Waals surface area contributed by atoms with Crippen molar-refractivity contribution in [3.63, 3.8) is 0 Å². The minimum atomic E-state index is -8.52. The van der Waals surface area contributed by atoms with Gasteiger partial charge in [0.25, 0.3) is 0 Å². The predicted octanol–water partition coefficient (Wildman–Crippen LogP) is 4.28. The molecule has 0 unspecified atom stereocenters. The van der Waals surface area contributed by atoms with E-state index in [4.69, 9.17) is 0 Å². The average Bonchev–Trinajstić information content (AvgIpc) is 2.33. The molecule has 0 radical (unpaired) electrons. The van der Waals surface area contributed by atoms with E-state index in [2.05, 4.69) is 0 Å². The van der Waals surface area contributed by atoms with Crippen molar-refractivity contribution < 1.29 is 78.8 Å². The molecule has 0 aromatic rings. The molecule has 0 aromatic carbocycles. The Morgan fingerprint density at radius 3 is 1.04 bits per heavy atom. The Kier molecular flexibility index (Phi) is 7.21. The van der Waals surface area contributed by atoms with Gasteiger partial charge in [-0.3, -0.25) is 0 Å². The Balaban J connectivity index is 0. The van der Waals surface area contributed by atoms with Gasteiger partial charge < -0.3 is 10.7 Å². The number of alkyl halides is 15. The molecule has 4 N–H and O–H groups in total. The molecule has 4 nitrogen and oxygen atoms in total. The van der Waals surface area contributed by atoms with E-state index >= 15 is 0 Å². The van der Waals surface area contributed by atoms with Crippen LogP contribution in [0.3, 0.4) is 0 Å². The van der Waals surface area contributed by atoms with Gasteiger partial charge in [0.1, 0.15) is 15.9 Å². The van der Waals surface area contributed by atoms with Gasteiger partial charge in [-0.2, -0.15) is 65.9 Å². The largest absolute Gasteiger partial charge is 0.748 e. The first kappa shape index (κ1) is 29.0. The lowest BCUT2D eigenvalue weighted by molar-refractivity contribution is -0.451. The van der Waals surface area contributed by atoms with Crippen molar-refractivity contribution in [1.82, 2.24) is 6.15 Å². The molecular weight excluding hydrogens is 475 g/mol. The van der Waals surface area contributed by atoms with Crippen LogP contribution < -0.4 is 6.15 Å². The van der Waals surface area contributed by atoms with Crippen LogP contribution in [-0.4, -0.2) is 60.4 Å². The molecule has 0 saturated heterocycles. The number of hydrogen-bond acceptors (Lipinski definition) is 3. The molecule has 172 valence electrons. The highest BCUT2D eigenvalue weighted by atomic mass is 32.2. The topological polar surface area (TPSA) is 93.7 Å². The van der Waals surface area contributed by atoms with Gasteiger partial charge in [0.2, 0.25) is 0 Å². The average molecular weight is 481 g/mol. The van der Waals surface area contributed by atoms with E-state index in [-0.39, 0.29) is 6.15 Å². The van der Waals surface area contributed by atoms with Gasteiger partial charge in [-0.25, -0.2) is 8.42 Å². The lowest BCUT2D eigenvalue weighted by Gasteiger charge is -2.41. The van der Waals surface area contributed by atoms with Gasteiger partial charge in [-0.05, 0) is 0 Å². The van der Waals surface area contributed by atoms with Crippen molar-refractivity contribution in [2.75, 3.05) is 5.75 Å². The fourth-order valence-corrected chi connectivity index (χ4v) is 1.94. The summed E-state index contributed by atoms with van der Waals surface area (Å²) >= 11 is 0. The van der Waals surface area contributed by atoms with Gasteiger partial charge in [-0.15, -0.1) is 0 Å². The van der Waals surface area contributed by atoms with E-state index in [1.165, 1.54) is 0 Å². The summed E-state index contributed by atoms with van der Waals surface area (Å²) in [6.07, 6.45) is -7.73. The standard InChI is InChI=1S/C8H3F15O3S.H3N/c9-2(10,1-27(24,25)26)3(11,12)4(13,14)5(15,16)6(17,18)7(19,20)8(21,22)23;/h1H2,(H,24,25,26);1H3. The molecule has 0 aliphatic carbocycles. The molecule has 0 aliphatic rings. The minimum absolute atomic E-state index is 0. The summed E-state index contributed by atoms with van der Waals surface area (Å²) in [5.41, 5.74) is 0. The van der Waals surface area contributed by atoms with Crippen LogP contribution >= 0.6 is 0 Å². The third-order valence-corrected chi connectivity index (χ3v) is 3.47. The maximum atomic E-state index is 13.0. The zero-order chi connectivity index (χ0) is 22.7. The highest BCUT2D eigenvalue weighted by Crippen LogP contribution is 2.62. The van der Waals surface area contributed by atoms with E-state index in [0.29, 0.717) is 0 Å². The summed E-state index contributed by atoms with van der Waals surface area (Å²) in [6.45, 7) is 0. The van der Waals surface area contributed by atoms with Crippen LogP contribution in [0.1, 0.15) is 0 Å². The quantitative estimate of drug-likeness (QED) is 0.435. The van der Waals surface area contributed by atoms with Crippen molar-refractivity contribution in [2.24, 2.45) is 0 Å². The molecule has 0 heterocycles. The predicted molar refractivity (Wildman–Crippen MR) is 56.3 cm³/mol. The SMILES string of the molecule is O=S(=O)([O-])CC(F)(F)C(F)(F)C(F)(F)C(F)(F)C(F)(F)C(F)(F)C(F)(F)F.[NH4+]. The summed E-state index contributed by atoms with van der Waals surface area (Å²) < 4.78 is 219. The van der Waals surface area contributed by atoms with Crippen LogP contribution in [-0.2, 0) is 10.1 Å². The molecule has 0 aliphatic heterocycles. The Labute approximate surface area is 144 Å². The molecule has 0 spiro atoms. The van der Waals surface area contributed by atoms with Gasteiger partial charge in [0, 0.05) is 0 Å². The third-order valence-electron chi connectivity index (χ3n) is 2.75. The highest BCUT2D eigenvalue weighted by Gasteiger charge is 2.93. The van der Waals surface area contributed by atoms with Crippen molar-refractivity contribution in [1.29, 1.82) is 0 Å². The van der Waals surface area contributed by atoms with Crippen LogP contribution in [0.5, 0.6) is 0 Å². The first-order chi connectivity index (χ1) is 11.2. The van der Waals surface area contributed by atoms with Crippen molar-refractivity contribution in [3.8, 4) is 0 Å². The Morgan fingerprint density at radius 1 is 0.536 bits per heavy atom. The number of hydrogen-bond donors (Lipinski definition) is 1. The zero-order valence-corrected chi connectivity index (χ0v) is 13.3. The summed E-state index contributed by atoms with van der Waals surface area (Å²) in [6, 6.07) is 0.